The van der Waals surface area contributed by atoms with Crippen LogP contribution in [0.4, 0.5) is 0 Å². The summed E-state index contributed by atoms with van der Waals surface area (Å²) < 4.78 is 5.37. The molecule has 2 nitrogen and oxygen atoms in total. The van der Waals surface area contributed by atoms with Crippen LogP contribution in [-0.2, 0) is 9.53 Å². The van der Waals surface area contributed by atoms with Gasteiger partial charge in [0.1, 0.15) is 0 Å². The van der Waals surface area contributed by atoms with Crippen molar-refractivity contribution in [3.8, 4) is 0 Å². The molecule has 0 aromatic rings. The molecule has 0 N–H and O–H groups in total. The van der Waals surface area contributed by atoms with Gasteiger partial charge in [0.25, 0.3) is 0 Å². The van der Waals surface area contributed by atoms with Crippen molar-refractivity contribution in [3.63, 3.8) is 0 Å². The fraction of sp³-hybridized carbons (Fsp3) is 0.963. The van der Waals surface area contributed by atoms with Gasteiger partial charge in [0.05, 0.1) is 6.61 Å². The molecule has 0 fully saturated rings. The lowest BCUT2D eigenvalue weighted by Crippen LogP contribution is -2.05. The van der Waals surface area contributed by atoms with Gasteiger partial charge < -0.3 is 4.74 Å². The molecule has 2 heteroatoms. The number of carbonyl (C=O) groups excluding carboxylic acids is 1. The second-order valence-corrected chi connectivity index (χ2v) is 9.99. The highest BCUT2D eigenvalue weighted by atomic mass is 16.5. The zero-order chi connectivity index (χ0) is 21.6. The minimum Gasteiger partial charge on any atom is -0.466 e. The topological polar surface area (TPSA) is 26.3 Å². The summed E-state index contributed by atoms with van der Waals surface area (Å²) in [6, 6.07) is 0. The number of hydrogen-bond donors (Lipinski definition) is 0. The van der Waals surface area contributed by atoms with Crippen LogP contribution in [0.1, 0.15) is 150 Å². The summed E-state index contributed by atoms with van der Waals surface area (Å²) in [4.78, 5) is 11.8. The monoisotopic (exact) mass is 410 g/mol. The van der Waals surface area contributed by atoms with Crippen molar-refractivity contribution in [1.29, 1.82) is 0 Å². The molecule has 174 valence electrons. The molecular formula is C27H54O2. The maximum absolute atomic E-state index is 11.8. The largest absolute Gasteiger partial charge is 0.466 e. The molecule has 29 heavy (non-hydrogen) atoms. The molecule has 0 rings (SSSR count). The molecule has 0 heterocycles. The number of rotatable bonds is 22. The second kappa shape index (κ2) is 22.2. The van der Waals surface area contributed by atoms with Crippen LogP contribution in [0.3, 0.4) is 0 Å². The van der Waals surface area contributed by atoms with Gasteiger partial charge in [-0.15, -0.1) is 0 Å². The summed E-state index contributed by atoms with van der Waals surface area (Å²) in [5.41, 5.74) is 0. The Morgan fingerprint density at radius 3 is 1.28 bits per heavy atom. The standard InChI is InChI=1S/C27H54O2/c1-25(2)21-17-13-9-7-5-6-8-12-16-20-24-29-27(28)23-19-15-11-10-14-18-22-26(3)4/h25-26H,5-24H2,1-4H3. The van der Waals surface area contributed by atoms with Crippen molar-refractivity contribution in [1.82, 2.24) is 0 Å². The van der Waals surface area contributed by atoms with Crippen molar-refractivity contribution in [3.05, 3.63) is 0 Å². The van der Waals surface area contributed by atoms with E-state index >= 15 is 0 Å². The van der Waals surface area contributed by atoms with Crippen molar-refractivity contribution in [2.24, 2.45) is 11.8 Å². The van der Waals surface area contributed by atoms with Crippen LogP contribution in [0.25, 0.3) is 0 Å². The number of hydrogen-bond acceptors (Lipinski definition) is 2. The van der Waals surface area contributed by atoms with E-state index in [0.29, 0.717) is 13.0 Å². The van der Waals surface area contributed by atoms with Crippen molar-refractivity contribution < 1.29 is 9.53 Å². The lowest BCUT2D eigenvalue weighted by atomic mass is 10.0. The second-order valence-electron chi connectivity index (χ2n) is 9.99. The van der Waals surface area contributed by atoms with Crippen LogP contribution >= 0.6 is 0 Å². The highest BCUT2D eigenvalue weighted by Crippen LogP contribution is 2.14. The highest BCUT2D eigenvalue weighted by molar-refractivity contribution is 5.69. The first-order valence-electron chi connectivity index (χ1n) is 13.2. The molecule has 0 atom stereocenters. The Morgan fingerprint density at radius 1 is 0.517 bits per heavy atom. The number of carbonyl (C=O) groups is 1. The normalized spacial score (nSPS) is 11.5. The Bertz CT molecular complexity index is 335. The van der Waals surface area contributed by atoms with Gasteiger partial charge >= 0.3 is 5.97 Å². The molecule has 0 radical (unpaired) electrons. The maximum Gasteiger partial charge on any atom is 0.305 e. The molecule has 0 aliphatic rings. The fourth-order valence-corrected chi connectivity index (χ4v) is 3.86. The van der Waals surface area contributed by atoms with Crippen molar-refractivity contribution in [2.45, 2.75) is 150 Å². The van der Waals surface area contributed by atoms with Crippen LogP contribution in [0.15, 0.2) is 0 Å². The molecule has 0 bridgehead atoms. The summed E-state index contributed by atoms with van der Waals surface area (Å²) in [6.07, 6.45) is 24.1. The van der Waals surface area contributed by atoms with Crippen molar-refractivity contribution in [2.75, 3.05) is 6.61 Å². The fourth-order valence-electron chi connectivity index (χ4n) is 3.86. The summed E-state index contributed by atoms with van der Waals surface area (Å²) >= 11 is 0. The zero-order valence-electron chi connectivity index (χ0n) is 20.6. The smallest absolute Gasteiger partial charge is 0.305 e. The Morgan fingerprint density at radius 2 is 0.862 bits per heavy atom. The first-order chi connectivity index (χ1) is 14.0. The van der Waals surface area contributed by atoms with Gasteiger partial charge in [-0.2, -0.15) is 0 Å². The minimum atomic E-state index is 0.0160. The third-order valence-corrected chi connectivity index (χ3v) is 5.85. The van der Waals surface area contributed by atoms with Crippen LogP contribution in [0.2, 0.25) is 0 Å². The minimum absolute atomic E-state index is 0.0160. The summed E-state index contributed by atoms with van der Waals surface area (Å²) in [7, 11) is 0. The Balaban J connectivity index is 3.16. The quantitative estimate of drug-likeness (QED) is 0.131. The molecule has 0 saturated carbocycles. The van der Waals surface area contributed by atoms with E-state index in [0.717, 1.165) is 24.7 Å². The summed E-state index contributed by atoms with van der Waals surface area (Å²) in [5.74, 6) is 1.71. The first kappa shape index (κ1) is 28.5. The van der Waals surface area contributed by atoms with Gasteiger partial charge in [-0.05, 0) is 24.7 Å². The maximum atomic E-state index is 11.8. The average Bonchev–Trinajstić information content (AvgIpc) is 2.67. The molecule has 0 unspecified atom stereocenters. The molecular weight excluding hydrogens is 356 g/mol. The van der Waals surface area contributed by atoms with E-state index in [1.807, 2.05) is 0 Å². The van der Waals surface area contributed by atoms with E-state index in [-0.39, 0.29) is 5.97 Å². The molecule has 0 saturated heterocycles. The van der Waals surface area contributed by atoms with Crippen molar-refractivity contribution >= 4 is 5.97 Å². The molecule has 0 spiro atoms. The zero-order valence-corrected chi connectivity index (χ0v) is 20.6. The highest BCUT2D eigenvalue weighted by Gasteiger charge is 2.03. The molecule has 0 aromatic carbocycles. The van der Waals surface area contributed by atoms with Crippen LogP contribution in [0.5, 0.6) is 0 Å². The average molecular weight is 411 g/mol. The van der Waals surface area contributed by atoms with E-state index in [9.17, 15) is 4.79 Å². The molecule has 0 aliphatic heterocycles. The van der Waals surface area contributed by atoms with E-state index < -0.39 is 0 Å². The third-order valence-electron chi connectivity index (χ3n) is 5.85. The summed E-state index contributed by atoms with van der Waals surface area (Å²) in [6.45, 7) is 9.85. The summed E-state index contributed by atoms with van der Waals surface area (Å²) in [5, 5.41) is 0. The van der Waals surface area contributed by atoms with E-state index in [1.54, 1.807) is 0 Å². The predicted octanol–water partition coefficient (Wildman–Crippen LogP) is 9.25. The van der Waals surface area contributed by atoms with Crippen LogP contribution < -0.4 is 0 Å². The van der Waals surface area contributed by atoms with Gasteiger partial charge in [0.2, 0.25) is 0 Å². The van der Waals surface area contributed by atoms with Crippen LogP contribution in [0, 0.1) is 11.8 Å². The van der Waals surface area contributed by atoms with E-state index in [1.165, 1.54) is 103 Å². The number of unbranched alkanes of at least 4 members (excludes halogenated alkanes) is 14. The Labute approximate surface area is 184 Å². The number of ether oxygens (including phenoxy) is 1. The van der Waals surface area contributed by atoms with Gasteiger partial charge in [-0.3, -0.25) is 4.79 Å². The lowest BCUT2D eigenvalue weighted by molar-refractivity contribution is -0.143. The molecule has 0 amide bonds. The Kier molecular flexibility index (Phi) is 21.8. The van der Waals surface area contributed by atoms with Gasteiger partial charge in [0.15, 0.2) is 0 Å². The first-order valence-corrected chi connectivity index (χ1v) is 13.2. The molecule has 0 aromatic heterocycles. The van der Waals surface area contributed by atoms with Gasteiger partial charge in [-0.25, -0.2) is 0 Å². The molecule has 0 aliphatic carbocycles. The van der Waals surface area contributed by atoms with Gasteiger partial charge in [-0.1, -0.05) is 130 Å². The van der Waals surface area contributed by atoms with Crippen LogP contribution in [-0.4, -0.2) is 12.6 Å². The van der Waals surface area contributed by atoms with E-state index in [4.69, 9.17) is 4.74 Å². The SMILES string of the molecule is CC(C)CCCCCCCCCCCCOC(=O)CCCCCCCCC(C)C. The van der Waals surface area contributed by atoms with E-state index in [2.05, 4.69) is 27.7 Å². The predicted molar refractivity (Wildman–Crippen MR) is 128 cm³/mol. The third kappa shape index (κ3) is 25.4. The van der Waals surface area contributed by atoms with Gasteiger partial charge in [0, 0.05) is 6.42 Å². The lowest BCUT2D eigenvalue weighted by Gasteiger charge is -2.06. The Hall–Kier alpha value is -0.530. The number of esters is 1.